The minimum Gasteiger partial charge on any atom is -0.318 e. The Hall–Kier alpha value is -0.250. The predicted octanol–water partition coefficient (Wildman–Crippen LogP) is 2.70. The molecule has 0 amide bonds. The molecule has 1 atom stereocenters. The molecule has 0 saturated carbocycles. The molecule has 0 radical (unpaired) electrons. The molecule has 0 rings (SSSR count). The summed E-state index contributed by atoms with van der Waals surface area (Å²) in [6.45, 7) is 6.25. The highest BCUT2D eigenvalue weighted by Gasteiger charge is 2.49. The third-order valence-electron chi connectivity index (χ3n) is 1.55. The van der Waals surface area contributed by atoms with Gasteiger partial charge in [-0.2, -0.15) is 13.2 Å². The van der Waals surface area contributed by atoms with E-state index in [-0.39, 0.29) is 6.42 Å². The smallest absolute Gasteiger partial charge is 0.318 e. The van der Waals surface area contributed by atoms with Crippen LogP contribution in [0.15, 0.2) is 0 Å². The van der Waals surface area contributed by atoms with Gasteiger partial charge in [0.1, 0.15) is 5.54 Å². The Morgan fingerprint density at radius 1 is 1.00 bits per heavy atom. The van der Waals surface area contributed by atoms with E-state index in [0.29, 0.717) is 0 Å². The Kier molecular flexibility index (Phi) is 2.85. The van der Waals surface area contributed by atoms with Crippen LogP contribution in [0.1, 0.15) is 34.1 Å². The molecule has 4 heteroatoms. The fourth-order valence-corrected chi connectivity index (χ4v) is 1.20. The molecule has 0 aliphatic rings. The first-order valence-electron chi connectivity index (χ1n) is 3.81. The van der Waals surface area contributed by atoms with E-state index in [1.807, 2.05) is 0 Å². The van der Waals surface area contributed by atoms with Crippen LogP contribution in [0.5, 0.6) is 0 Å². The lowest BCUT2D eigenvalue weighted by Crippen LogP contribution is -2.52. The minimum atomic E-state index is -4.32. The van der Waals surface area contributed by atoms with E-state index >= 15 is 0 Å². The van der Waals surface area contributed by atoms with Crippen molar-refractivity contribution in [2.75, 3.05) is 0 Å². The molecule has 1 unspecified atom stereocenters. The zero-order chi connectivity index (χ0) is 10.2. The monoisotopic (exact) mass is 183 g/mol. The van der Waals surface area contributed by atoms with Crippen LogP contribution in [0.2, 0.25) is 0 Å². The Morgan fingerprint density at radius 3 is 1.42 bits per heavy atom. The lowest BCUT2D eigenvalue weighted by Gasteiger charge is -2.33. The summed E-state index contributed by atoms with van der Waals surface area (Å²) in [5.41, 5.74) is 2.67. The van der Waals surface area contributed by atoms with Crippen molar-refractivity contribution in [2.24, 2.45) is 11.1 Å². The molecule has 0 spiro atoms. The molecule has 0 heterocycles. The fourth-order valence-electron chi connectivity index (χ4n) is 1.20. The third-order valence-corrected chi connectivity index (χ3v) is 1.55. The number of hydrogen-bond acceptors (Lipinski definition) is 1. The Bertz CT molecular complexity index is 153. The molecule has 0 saturated heterocycles. The SMILES string of the molecule is CC(C)(C)CC(C)(N)C(F)(F)F. The Morgan fingerprint density at radius 2 is 1.33 bits per heavy atom. The highest BCUT2D eigenvalue weighted by atomic mass is 19.4. The third kappa shape index (κ3) is 3.43. The first-order valence-corrected chi connectivity index (χ1v) is 3.81. The predicted molar refractivity (Wildman–Crippen MR) is 42.7 cm³/mol. The van der Waals surface area contributed by atoms with Crippen molar-refractivity contribution in [1.82, 2.24) is 0 Å². The van der Waals surface area contributed by atoms with Crippen molar-refractivity contribution in [3.05, 3.63) is 0 Å². The van der Waals surface area contributed by atoms with Crippen molar-refractivity contribution < 1.29 is 13.2 Å². The summed E-state index contributed by atoms with van der Waals surface area (Å²) in [5.74, 6) is 0. The molecule has 0 fully saturated rings. The maximum Gasteiger partial charge on any atom is 0.406 e. The summed E-state index contributed by atoms with van der Waals surface area (Å²) in [6, 6.07) is 0. The van der Waals surface area contributed by atoms with Crippen LogP contribution in [0.25, 0.3) is 0 Å². The van der Waals surface area contributed by atoms with Gasteiger partial charge in [-0.1, -0.05) is 20.8 Å². The molecule has 74 valence electrons. The van der Waals surface area contributed by atoms with Gasteiger partial charge < -0.3 is 5.73 Å². The molecule has 2 N–H and O–H groups in total. The van der Waals surface area contributed by atoms with E-state index in [1.165, 1.54) is 0 Å². The topological polar surface area (TPSA) is 26.0 Å². The van der Waals surface area contributed by atoms with Gasteiger partial charge in [0.25, 0.3) is 0 Å². The van der Waals surface area contributed by atoms with Crippen molar-refractivity contribution in [2.45, 2.75) is 45.8 Å². The van der Waals surface area contributed by atoms with Crippen molar-refractivity contribution in [1.29, 1.82) is 0 Å². The van der Waals surface area contributed by atoms with Crippen molar-refractivity contribution >= 4 is 0 Å². The summed E-state index contributed by atoms with van der Waals surface area (Å²) >= 11 is 0. The highest BCUT2D eigenvalue weighted by molar-refractivity contribution is 4.90. The van der Waals surface area contributed by atoms with Gasteiger partial charge in [0.15, 0.2) is 0 Å². The quantitative estimate of drug-likeness (QED) is 0.664. The average molecular weight is 183 g/mol. The average Bonchev–Trinajstić information content (AvgIpc) is 1.52. The second-order valence-electron chi connectivity index (χ2n) is 4.65. The number of rotatable bonds is 1. The number of alkyl halides is 3. The van der Waals surface area contributed by atoms with Gasteiger partial charge in [0, 0.05) is 0 Å². The molecule has 0 aromatic heterocycles. The number of halogens is 3. The van der Waals surface area contributed by atoms with Gasteiger partial charge in [0.2, 0.25) is 0 Å². The van der Waals surface area contributed by atoms with E-state index in [1.54, 1.807) is 20.8 Å². The van der Waals surface area contributed by atoms with E-state index in [9.17, 15) is 13.2 Å². The van der Waals surface area contributed by atoms with Crippen LogP contribution in [-0.4, -0.2) is 11.7 Å². The molecular formula is C8H16F3N. The standard InChI is InChI=1S/C8H16F3N/c1-6(2,3)5-7(4,12)8(9,10)11/h5,12H2,1-4H3. The zero-order valence-corrected chi connectivity index (χ0v) is 7.92. The van der Waals surface area contributed by atoms with E-state index in [2.05, 4.69) is 0 Å². The number of hydrogen-bond donors (Lipinski definition) is 1. The van der Waals surface area contributed by atoms with Crippen LogP contribution in [0.3, 0.4) is 0 Å². The summed E-state index contributed by atoms with van der Waals surface area (Å²) in [7, 11) is 0. The van der Waals surface area contributed by atoms with Crippen molar-refractivity contribution in [3.63, 3.8) is 0 Å². The zero-order valence-electron chi connectivity index (χ0n) is 7.92. The van der Waals surface area contributed by atoms with Gasteiger partial charge in [-0.3, -0.25) is 0 Å². The summed E-state index contributed by atoms with van der Waals surface area (Å²) in [4.78, 5) is 0. The number of nitrogens with two attached hydrogens (primary N) is 1. The van der Waals surface area contributed by atoms with Crippen LogP contribution in [-0.2, 0) is 0 Å². The van der Waals surface area contributed by atoms with Crippen LogP contribution >= 0.6 is 0 Å². The largest absolute Gasteiger partial charge is 0.406 e. The molecule has 0 aliphatic carbocycles. The summed E-state index contributed by atoms with van der Waals surface area (Å²) in [5, 5.41) is 0. The van der Waals surface area contributed by atoms with Gasteiger partial charge in [-0.15, -0.1) is 0 Å². The normalized spacial score (nSPS) is 19.0. The molecule has 12 heavy (non-hydrogen) atoms. The van der Waals surface area contributed by atoms with Gasteiger partial charge >= 0.3 is 6.18 Å². The molecule has 0 bridgehead atoms. The second kappa shape index (κ2) is 2.91. The first kappa shape index (κ1) is 11.8. The van der Waals surface area contributed by atoms with E-state index in [4.69, 9.17) is 5.73 Å². The van der Waals surface area contributed by atoms with Gasteiger partial charge in [-0.05, 0) is 18.8 Å². The highest BCUT2D eigenvalue weighted by Crippen LogP contribution is 2.36. The lowest BCUT2D eigenvalue weighted by atomic mass is 9.81. The van der Waals surface area contributed by atoms with Gasteiger partial charge in [-0.25, -0.2) is 0 Å². The fraction of sp³-hybridized carbons (Fsp3) is 1.00. The van der Waals surface area contributed by atoms with Crippen LogP contribution in [0, 0.1) is 5.41 Å². The maximum absolute atomic E-state index is 12.2. The Balaban J connectivity index is 4.44. The van der Waals surface area contributed by atoms with Crippen LogP contribution in [0.4, 0.5) is 13.2 Å². The first-order chi connectivity index (χ1) is 4.96. The Labute approximate surface area is 71.1 Å². The maximum atomic E-state index is 12.2. The van der Waals surface area contributed by atoms with Gasteiger partial charge in [0.05, 0.1) is 0 Å². The van der Waals surface area contributed by atoms with Crippen LogP contribution < -0.4 is 5.73 Å². The minimum absolute atomic E-state index is 0.0660. The summed E-state index contributed by atoms with van der Waals surface area (Å²) in [6.07, 6.45) is -4.39. The lowest BCUT2D eigenvalue weighted by molar-refractivity contribution is -0.188. The molecular weight excluding hydrogens is 167 g/mol. The molecule has 1 nitrogen and oxygen atoms in total. The molecule has 0 aliphatic heterocycles. The van der Waals surface area contributed by atoms with Crippen molar-refractivity contribution in [3.8, 4) is 0 Å². The van der Waals surface area contributed by atoms with E-state index < -0.39 is 17.1 Å². The van der Waals surface area contributed by atoms with E-state index in [0.717, 1.165) is 6.92 Å². The second-order valence-corrected chi connectivity index (χ2v) is 4.65. The summed E-state index contributed by atoms with van der Waals surface area (Å²) < 4.78 is 36.7. The molecule has 0 aromatic rings. The molecule has 0 aromatic carbocycles.